The first-order valence-corrected chi connectivity index (χ1v) is 7.62. The standard InChI is InChI=1S/C14H21BBrNO3/c1-7-18-12-11(16)8-10(9(2)17-12)15-19-13(3,4)14(5,6)20-15/h8H,7H2,1-6H3. The van der Waals surface area contributed by atoms with Gasteiger partial charge in [-0.25, -0.2) is 4.98 Å². The maximum atomic E-state index is 6.06. The van der Waals surface area contributed by atoms with Gasteiger partial charge in [0.2, 0.25) is 5.88 Å². The first-order valence-electron chi connectivity index (χ1n) is 6.83. The number of nitrogens with zero attached hydrogens (tertiary/aromatic N) is 1. The summed E-state index contributed by atoms with van der Waals surface area (Å²) in [6.45, 7) is 12.6. The van der Waals surface area contributed by atoms with Crippen LogP contribution in [0.2, 0.25) is 0 Å². The van der Waals surface area contributed by atoms with Gasteiger partial charge >= 0.3 is 7.12 Å². The summed E-state index contributed by atoms with van der Waals surface area (Å²) in [5.41, 5.74) is 1.08. The minimum atomic E-state index is -0.403. The molecule has 1 aliphatic heterocycles. The fraction of sp³-hybridized carbons (Fsp3) is 0.643. The SMILES string of the molecule is CCOc1nc(C)c(B2OC(C)(C)C(C)(C)O2)cc1Br. The van der Waals surface area contributed by atoms with Crippen LogP contribution in [-0.2, 0) is 9.31 Å². The Labute approximate surface area is 129 Å². The Kier molecular flexibility index (Phi) is 4.20. The molecule has 4 nitrogen and oxygen atoms in total. The Morgan fingerprint density at radius 3 is 2.30 bits per heavy atom. The van der Waals surface area contributed by atoms with Crippen LogP contribution in [0.25, 0.3) is 0 Å². The fourth-order valence-electron chi connectivity index (χ4n) is 2.02. The van der Waals surface area contributed by atoms with Crippen molar-refractivity contribution in [2.24, 2.45) is 0 Å². The summed E-state index contributed by atoms with van der Waals surface area (Å²) in [4.78, 5) is 4.47. The highest BCUT2D eigenvalue weighted by Gasteiger charge is 2.52. The van der Waals surface area contributed by atoms with E-state index in [1.165, 1.54) is 0 Å². The van der Waals surface area contributed by atoms with Gasteiger partial charge in [0.05, 0.1) is 22.3 Å². The van der Waals surface area contributed by atoms with Crippen molar-refractivity contribution in [1.29, 1.82) is 0 Å². The third-order valence-electron chi connectivity index (χ3n) is 3.96. The lowest BCUT2D eigenvalue weighted by Crippen LogP contribution is -2.41. The van der Waals surface area contributed by atoms with Crippen LogP contribution >= 0.6 is 15.9 Å². The molecule has 0 saturated carbocycles. The van der Waals surface area contributed by atoms with Crippen molar-refractivity contribution in [1.82, 2.24) is 4.98 Å². The van der Waals surface area contributed by atoms with Crippen molar-refractivity contribution in [2.75, 3.05) is 6.61 Å². The average Bonchev–Trinajstić information content (AvgIpc) is 2.53. The zero-order valence-corrected chi connectivity index (χ0v) is 14.5. The molecule has 0 amide bonds. The predicted molar refractivity (Wildman–Crippen MR) is 83.6 cm³/mol. The lowest BCUT2D eigenvalue weighted by molar-refractivity contribution is 0.00578. The van der Waals surface area contributed by atoms with Gasteiger partial charge in [-0.15, -0.1) is 0 Å². The van der Waals surface area contributed by atoms with Crippen molar-refractivity contribution < 1.29 is 14.0 Å². The number of rotatable bonds is 3. The molecule has 0 bridgehead atoms. The van der Waals surface area contributed by atoms with Crippen LogP contribution in [0.3, 0.4) is 0 Å². The molecule has 2 heterocycles. The number of pyridine rings is 1. The summed E-state index contributed by atoms with van der Waals surface area (Å²) in [5.74, 6) is 0.602. The minimum Gasteiger partial charge on any atom is -0.477 e. The number of hydrogen-bond donors (Lipinski definition) is 0. The molecule has 1 saturated heterocycles. The van der Waals surface area contributed by atoms with E-state index in [4.69, 9.17) is 14.0 Å². The van der Waals surface area contributed by atoms with Crippen LogP contribution in [0.1, 0.15) is 40.3 Å². The molecule has 20 heavy (non-hydrogen) atoms. The molecule has 1 aliphatic rings. The van der Waals surface area contributed by atoms with Gasteiger partial charge in [0.1, 0.15) is 0 Å². The third-order valence-corrected chi connectivity index (χ3v) is 4.53. The summed E-state index contributed by atoms with van der Waals surface area (Å²) >= 11 is 3.49. The Morgan fingerprint density at radius 2 is 1.80 bits per heavy atom. The first kappa shape index (κ1) is 15.8. The van der Waals surface area contributed by atoms with Crippen molar-refractivity contribution in [3.8, 4) is 5.88 Å². The number of aryl methyl sites for hydroxylation is 1. The first-order chi connectivity index (χ1) is 9.18. The molecule has 0 aliphatic carbocycles. The molecule has 110 valence electrons. The van der Waals surface area contributed by atoms with Crippen LogP contribution < -0.4 is 10.2 Å². The molecule has 1 fully saturated rings. The van der Waals surface area contributed by atoms with Gasteiger partial charge in [-0.05, 0) is 63.5 Å². The molecule has 0 atom stereocenters. The molecule has 0 radical (unpaired) electrons. The van der Waals surface area contributed by atoms with E-state index in [9.17, 15) is 0 Å². The van der Waals surface area contributed by atoms with Gasteiger partial charge in [-0.1, -0.05) is 0 Å². The van der Waals surface area contributed by atoms with Crippen molar-refractivity contribution in [3.63, 3.8) is 0 Å². The lowest BCUT2D eigenvalue weighted by atomic mass is 9.78. The van der Waals surface area contributed by atoms with Gasteiger partial charge in [0.25, 0.3) is 0 Å². The molecular weight excluding hydrogens is 321 g/mol. The molecule has 1 aromatic rings. The number of aromatic nitrogens is 1. The average molecular weight is 342 g/mol. The second kappa shape index (κ2) is 5.32. The second-order valence-electron chi connectivity index (χ2n) is 5.97. The highest BCUT2D eigenvalue weighted by atomic mass is 79.9. The Balaban J connectivity index is 2.34. The lowest BCUT2D eigenvalue weighted by Gasteiger charge is -2.32. The second-order valence-corrected chi connectivity index (χ2v) is 6.83. The smallest absolute Gasteiger partial charge is 0.477 e. The molecule has 1 aromatic heterocycles. The highest BCUT2D eigenvalue weighted by molar-refractivity contribution is 9.10. The largest absolute Gasteiger partial charge is 0.496 e. The van der Waals surface area contributed by atoms with Crippen LogP contribution in [0.5, 0.6) is 5.88 Å². The van der Waals surface area contributed by atoms with Crippen molar-refractivity contribution in [2.45, 2.75) is 52.7 Å². The maximum Gasteiger partial charge on any atom is 0.496 e. The third kappa shape index (κ3) is 2.74. The summed E-state index contributed by atoms with van der Waals surface area (Å²) in [7, 11) is -0.403. The van der Waals surface area contributed by atoms with Gasteiger partial charge in [0, 0.05) is 11.2 Å². The molecule has 0 unspecified atom stereocenters. The van der Waals surface area contributed by atoms with Crippen LogP contribution in [0.4, 0.5) is 0 Å². The van der Waals surface area contributed by atoms with Crippen molar-refractivity contribution in [3.05, 3.63) is 16.2 Å². The van der Waals surface area contributed by atoms with E-state index >= 15 is 0 Å². The summed E-state index contributed by atoms with van der Waals surface area (Å²) in [6.07, 6.45) is 0. The van der Waals surface area contributed by atoms with Gasteiger partial charge in [-0.2, -0.15) is 0 Å². The fourth-order valence-corrected chi connectivity index (χ4v) is 2.47. The summed E-state index contributed by atoms with van der Waals surface area (Å²) < 4.78 is 18.4. The quantitative estimate of drug-likeness (QED) is 0.793. The molecule has 6 heteroatoms. The number of hydrogen-bond acceptors (Lipinski definition) is 4. The number of halogens is 1. The molecular formula is C14H21BBrNO3. The summed E-state index contributed by atoms with van der Waals surface area (Å²) in [6, 6.07) is 1.97. The topological polar surface area (TPSA) is 40.6 Å². The molecule has 2 rings (SSSR count). The zero-order chi connectivity index (χ0) is 15.1. The number of ether oxygens (including phenoxy) is 1. The molecule has 0 aromatic carbocycles. The van der Waals surface area contributed by atoms with Gasteiger partial charge in [0.15, 0.2) is 0 Å². The van der Waals surface area contributed by atoms with Crippen molar-refractivity contribution >= 4 is 28.5 Å². The monoisotopic (exact) mass is 341 g/mol. The Morgan fingerprint density at radius 1 is 1.25 bits per heavy atom. The van der Waals surface area contributed by atoms with E-state index in [0.29, 0.717) is 12.5 Å². The molecule has 0 spiro atoms. The van der Waals surface area contributed by atoms with Crippen LogP contribution in [0, 0.1) is 6.92 Å². The Hall–Kier alpha value is -0.585. The molecule has 0 N–H and O–H groups in total. The van der Waals surface area contributed by atoms with Crippen LogP contribution in [-0.4, -0.2) is 29.9 Å². The normalized spacial score (nSPS) is 20.2. The van der Waals surface area contributed by atoms with E-state index in [-0.39, 0.29) is 11.2 Å². The zero-order valence-electron chi connectivity index (χ0n) is 12.9. The van der Waals surface area contributed by atoms with E-state index < -0.39 is 7.12 Å². The van der Waals surface area contributed by atoms with Gasteiger partial charge in [-0.3, -0.25) is 0 Å². The highest BCUT2D eigenvalue weighted by Crippen LogP contribution is 2.37. The van der Waals surface area contributed by atoms with E-state index in [2.05, 4.69) is 20.9 Å². The van der Waals surface area contributed by atoms with E-state index in [1.807, 2.05) is 47.6 Å². The predicted octanol–water partition coefficient (Wildman–Crippen LogP) is 2.85. The minimum absolute atomic E-state index is 0.352. The summed E-state index contributed by atoms with van der Waals surface area (Å²) in [5, 5.41) is 0. The van der Waals surface area contributed by atoms with E-state index in [0.717, 1.165) is 15.6 Å². The maximum absolute atomic E-state index is 6.06. The van der Waals surface area contributed by atoms with Gasteiger partial charge < -0.3 is 14.0 Å². The van der Waals surface area contributed by atoms with Crippen LogP contribution in [0.15, 0.2) is 10.5 Å². The Bertz CT molecular complexity index is 503. The van der Waals surface area contributed by atoms with E-state index in [1.54, 1.807) is 0 Å².